The normalized spacial score (nSPS) is 24.1. The second kappa shape index (κ2) is 9.79. The van der Waals surface area contributed by atoms with Gasteiger partial charge in [0, 0.05) is 49.2 Å². The van der Waals surface area contributed by atoms with Crippen LogP contribution in [0.1, 0.15) is 42.7 Å². The number of likely N-dealkylation sites (tertiary alicyclic amines) is 1. The number of fused-ring (bicyclic) bond motifs is 2. The summed E-state index contributed by atoms with van der Waals surface area (Å²) in [6.45, 7) is 8.26. The molecule has 1 aliphatic carbocycles. The van der Waals surface area contributed by atoms with Crippen LogP contribution in [0, 0.1) is 5.92 Å². The predicted octanol–water partition coefficient (Wildman–Crippen LogP) is 6.66. The van der Waals surface area contributed by atoms with Crippen LogP contribution in [0.3, 0.4) is 0 Å². The van der Waals surface area contributed by atoms with Crippen molar-refractivity contribution in [3.63, 3.8) is 0 Å². The van der Waals surface area contributed by atoms with Crippen LogP contribution in [0.5, 0.6) is 0 Å². The summed E-state index contributed by atoms with van der Waals surface area (Å²) in [5.41, 5.74) is 1.42. The van der Waals surface area contributed by atoms with E-state index in [1.54, 1.807) is 4.90 Å². The summed E-state index contributed by atoms with van der Waals surface area (Å²) in [4.78, 5) is 31.8. The minimum absolute atomic E-state index is 0.0379. The van der Waals surface area contributed by atoms with E-state index in [-0.39, 0.29) is 24.5 Å². The molecule has 2 aromatic carbocycles. The third kappa shape index (κ3) is 4.73. The molecule has 2 atom stereocenters. The van der Waals surface area contributed by atoms with Crippen LogP contribution in [0.2, 0.25) is 35.7 Å². The summed E-state index contributed by atoms with van der Waals surface area (Å²) in [6.07, 6.45) is 3.17. The number of amides is 2. The number of benzene rings is 2. The van der Waals surface area contributed by atoms with Crippen LogP contribution in [0.15, 0.2) is 42.5 Å². The van der Waals surface area contributed by atoms with E-state index >= 15 is 0 Å². The second-order valence-corrected chi connectivity index (χ2v) is 18.1. The van der Waals surface area contributed by atoms with E-state index in [0.717, 1.165) is 35.7 Å². The highest BCUT2D eigenvalue weighted by Gasteiger charge is 2.63. The van der Waals surface area contributed by atoms with Gasteiger partial charge >= 0.3 is 0 Å². The van der Waals surface area contributed by atoms with Crippen molar-refractivity contribution in [1.29, 1.82) is 0 Å². The highest BCUT2D eigenvalue weighted by atomic mass is 35.5. The molecule has 2 heterocycles. The Morgan fingerprint density at radius 3 is 2.47 bits per heavy atom. The van der Waals surface area contributed by atoms with Crippen LogP contribution in [-0.4, -0.2) is 44.7 Å². The topological polar surface area (TPSA) is 49.9 Å². The van der Waals surface area contributed by atoms with Gasteiger partial charge in [0.05, 0.1) is 5.69 Å². The maximum atomic E-state index is 14.7. The lowest BCUT2D eigenvalue weighted by Gasteiger charge is -2.49. The molecular weight excluding hydrogens is 511 g/mol. The molecule has 5 rings (SSSR count). The van der Waals surface area contributed by atoms with Crippen LogP contribution >= 0.6 is 23.2 Å². The molecule has 1 saturated carbocycles. The summed E-state index contributed by atoms with van der Waals surface area (Å²) in [5.74, 6) is 0.156. The average molecular weight is 546 g/mol. The van der Waals surface area contributed by atoms with Crippen LogP contribution in [0.4, 0.5) is 5.69 Å². The third-order valence-corrected chi connectivity index (χ3v) is 9.89. The van der Waals surface area contributed by atoms with E-state index in [1.165, 1.54) is 0 Å². The van der Waals surface area contributed by atoms with Gasteiger partial charge in [0.15, 0.2) is 5.54 Å². The fourth-order valence-corrected chi connectivity index (χ4v) is 6.79. The van der Waals surface area contributed by atoms with Crippen molar-refractivity contribution < 1.29 is 14.3 Å². The second-order valence-electron chi connectivity index (χ2n) is 11.6. The number of nitrogens with zero attached hydrogens (tertiary/aromatic N) is 2. The van der Waals surface area contributed by atoms with Crippen LogP contribution in [0.25, 0.3) is 0 Å². The Hall–Kier alpha value is -1.86. The van der Waals surface area contributed by atoms with Crippen molar-refractivity contribution >= 4 is 48.8 Å². The number of piperidine rings is 1. The Labute approximate surface area is 224 Å². The van der Waals surface area contributed by atoms with Crippen molar-refractivity contribution in [2.24, 2.45) is 5.92 Å². The Bertz CT molecular complexity index is 1180. The number of carbonyl (C=O) groups is 2. The first-order chi connectivity index (χ1) is 17.1. The first-order valence-corrected chi connectivity index (χ1v) is 17.3. The molecule has 1 saturated heterocycles. The van der Waals surface area contributed by atoms with Gasteiger partial charge in [-0.2, -0.15) is 0 Å². The molecule has 2 aliphatic heterocycles. The third-order valence-electron chi connectivity index (χ3n) is 7.72. The lowest BCUT2D eigenvalue weighted by atomic mass is 9.69. The molecule has 3 aliphatic rings. The standard InChI is InChI=1S/C28H34Cl2N2O3Si/c1-36(2,3)14-13-35-18-31-25-16-22(30)9-10-24(25)28(27(31)34)23(20-5-4-6-21(29)15-20)11-12-26(33)32(28)17-19-7-8-19/h4-6,9-10,15-16,19,23H,7-8,11-14,17-18H2,1-3H3/t23-,28+/m1/s1. The Morgan fingerprint density at radius 1 is 1.03 bits per heavy atom. The number of anilines is 1. The van der Waals surface area contributed by atoms with Gasteiger partial charge in [-0.1, -0.05) is 61.0 Å². The van der Waals surface area contributed by atoms with Gasteiger partial charge in [-0.3, -0.25) is 14.5 Å². The van der Waals surface area contributed by atoms with Gasteiger partial charge in [-0.05, 0) is 61.1 Å². The zero-order valence-electron chi connectivity index (χ0n) is 21.2. The quantitative estimate of drug-likeness (QED) is 0.275. The molecule has 1 spiro atoms. The summed E-state index contributed by atoms with van der Waals surface area (Å²) < 4.78 is 6.08. The fourth-order valence-electron chi connectivity index (χ4n) is 5.67. The maximum absolute atomic E-state index is 14.7. The van der Waals surface area contributed by atoms with Crippen LogP contribution < -0.4 is 4.90 Å². The van der Waals surface area contributed by atoms with E-state index < -0.39 is 13.6 Å². The van der Waals surface area contributed by atoms with Crippen LogP contribution in [-0.2, 0) is 19.9 Å². The van der Waals surface area contributed by atoms with E-state index in [4.69, 9.17) is 27.9 Å². The van der Waals surface area contributed by atoms with Gasteiger partial charge in [0.2, 0.25) is 5.91 Å². The molecule has 0 bridgehead atoms. The number of carbonyl (C=O) groups excluding carboxylic acids is 2. The molecule has 8 heteroatoms. The number of ether oxygens (including phenoxy) is 1. The molecule has 0 aromatic heterocycles. The smallest absolute Gasteiger partial charge is 0.260 e. The largest absolute Gasteiger partial charge is 0.361 e. The highest BCUT2D eigenvalue weighted by Crippen LogP contribution is 2.57. The molecule has 5 nitrogen and oxygen atoms in total. The molecule has 2 fully saturated rings. The Balaban J connectivity index is 1.61. The first-order valence-electron chi connectivity index (χ1n) is 12.9. The molecular formula is C28H34Cl2N2O3Si. The minimum atomic E-state index is -1.28. The number of hydrogen-bond donors (Lipinski definition) is 0. The van der Waals surface area contributed by atoms with Gasteiger partial charge < -0.3 is 9.64 Å². The first kappa shape index (κ1) is 25.8. The Morgan fingerprint density at radius 2 is 1.78 bits per heavy atom. The SMILES string of the molecule is C[Si](C)(C)CCOCN1C(=O)[C@@]2(c3ccc(Cl)cc31)[C@@H](c1cccc(Cl)c1)CCC(=O)N2CC1CC1. The van der Waals surface area contributed by atoms with Crippen molar-refractivity contribution in [2.75, 3.05) is 24.8 Å². The molecule has 2 aromatic rings. The lowest BCUT2D eigenvalue weighted by molar-refractivity contribution is -0.154. The monoisotopic (exact) mass is 544 g/mol. The summed E-state index contributed by atoms with van der Waals surface area (Å²) in [7, 11) is -1.28. The van der Waals surface area contributed by atoms with Crippen molar-refractivity contribution in [3.05, 3.63) is 63.6 Å². The van der Waals surface area contributed by atoms with Gasteiger partial charge in [0.1, 0.15) is 6.73 Å². The zero-order valence-corrected chi connectivity index (χ0v) is 23.7. The number of hydrogen-bond acceptors (Lipinski definition) is 3. The average Bonchev–Trinajstić information content (AvgIpc) is 3.60. The molecule has 36 heavy (non-hydrogen) atoms. The molecule has 2 amide bonds. The summed E-state index contributed by atoms with van der Waals surface area (Å²) >= 11 is 12.9. The molecule has 0 N–H and O–H groups in total. The van der Waals surface area contributed by atoms with E-state index in [9.17, 15) is 9.59 Å². The molecule has 0 unspecified atom stereocenters. The van der Waals surface area contributed by atoms with Crippen molar-refractivity contribution in [3.8, 4) is 0 Å². The Kier molecular flexibility index (Phi) is 7.01. The maximum Gasteiger partial charge on any atom is 0.260 e. The predicted molar refractivity (Wildman–Crippen MR) is 147 cm³/mol. The van der Waals surface area contributed by atoms with Crippen molar-refractivity contribution in [2.45, 2.75) is 62.8 Å². The lowest BCUT2D eigenvalue weighted by Crippen LogP contribution is -2.61. The minimum Gasteiger partial charge on any atom is -0.361 e. The summed E-state index contributed by atoms with van der Waals surface area (Å²) in [5, 5.41) is 1.18. The summed E-state index contributed by atoms with van der Waals surface area (Å²) in [6, 6.07) is 14.4. The van der Waals surface area contributed by atoms with Gasteiger partial charge in [-0.15, -0.1) is 0 Å². The fraction of sp³-hybridized carbons (Fsp3) is 0.500. The zero-order chi connectivity index (χ0) is 25.7. The highest BCUT2D eigenvalue weighted by molar-refractivity contribution is 6.76. The van der Waals surface area contributed by atoms with Crippen molar-refractivity contribution in [1.82, 2.24) is 4.90 Å². The van der Waals surface area contributed by atoms with E-state index in [2.05, 4.69) is 19.6 Å². The van der Waals surface area contributed by atoms with E-state index in [0.29, 0.717) is 42.0 Å². The number of rotatable bonds is 8. The molecule has 192 valence electrons. The van der Waals surface area contributed by atoms with Gasteiger partial charge in [-0.25, -0.2) is 0 Å². The van der Waals surface area contributed by atoms with E-state index in [1.807, 2.05) is 47.4 Å². The van der Waals surface area contributed by atoms with Gasteiger partial charge in [0.25, 0.3) is 5.91 Å². The molecule has 0 radical (unpaired) electrons. The number of halogens is 2.